The van der Waals surface area contributed by atoms with Gasteiger partial charge >= 0.3 is 0 Å². The van der Waals surface area contributed by atoms with Crippen molar-refractivity contribution in [3.63, 3.8) is 0 Å². The summed E-state index contributed by atoms with van der Waals surface area (Å²) in [6, 6.07) is 11.4. The molecule has 2 saturated carbocycles. The number of hydrogen-bond donors (Lipinski definition) is 2. The summed E-state index contributed by atoms with van der Waals surface area (Å²) in [7, 11) is 0. The van der Waals surface area contributed by atoms with Crippen molar-refractivity contribution in [2.45, 2.75) is 31.6 Å². The summed E-state index contributed by atoms with van der Waals surface area (Å²) in [5, 5.41) is 8.59. The quantitative estimate of drug-likeness (QED) is 0.661. The number of benzene rings is 1. The summed E-state index contributed by atoms with van der Waals surface area (Å²) < 4.78 is 5.72. The van der Waals surface area contributed by atoms with E-state index in [-0.39, 0.29) is 5.56 Å². The zero-order valence-corrected chi connectivity index (χ0v) is 13.3. The summed E-state index contributed by atoms with van der Waals surface area (Å²) in [6.45, 7) is 0. The van der Waals surface area contributed by atoms with Crippen molar-refractivity contribution in [1.82, 2.24) is 10.5 Å². The molecule has 24 heavy (non-hydrogen) atoms. The van der Waals surface area contributed by atoms with Crippen molar-refractivity contribution >= 4 is 5.91 Å². The van der Waals surface area contributed by atoms with Crippen LogP contribution in [-0.2, 0) is 0 Å². The number of hydroxylamine groups is 1. The van der Waals surface area contributed by atoms with Crippen molar-refractivity contribution in [1.29, 1.82) is 0 Å². The van der Waals surface area contributed by atoms with E-state index in [1.54, 1.807) is 17.6 Å². The van der Waals surface area contributed by atoms with Gasteiger partial charge in [0, 0.05) is 12.3 Å². The van der Waals surface area contributed by atoms with Crippen LogP contribution >= 0.6 is 0 Å². The molecule has 0 aliphatic heterocycles. The Bertz CT molecular complexity index is 727. The molecule has 2 aliphatic rings. The fourth-order valence-corrected chi connectivity index (χ4v) is 4.20. The zero-order chi connectivity index (χ0) is 16.5. The Morgan fingerprint density at radius 2 is 1.96 bits per heavy atom. The summed E-state index contributed by atoms with van der Waals surface area (Å²) in [5.74, 6) is 3.07. The number of pyridine rings is 1. The Labute approximate surface area is 140 Å². The molecule has 2 aromatic rings. The maximum atomic E-state index is 11.3. The molecule has 2 N–H and O–H groups in total. The predicted molar refractivity (Wildman–Crippen MR) is 88.2 cm³/mol. The number of nitrogens with one attached hydrogen (secondary N) is 1. The Hall–Kier alpha value is -2.40. The van der Waals surface area contributed by atoms with Gasteiger partial charge in [-0.15, -0.1) is 0 Å². The second-order valence-corrected chi connectivity index (χ2v) is 6.78. The molecular weight excluding hydrogens is 304 g/mol. The number of carbonyl (C=O) groups is 1. The molecule has 3 unspecified atom stereocenters. The van der Waals surface area contributed by atoms with Crippen LogP contribution in [0.3, 0.4) is 0 Å². The summed E-state index contributed by atoms with van der Waals surface area (Å²) in [6.07, 6.45) is 6.90. The van der Waals surface area contributed by atoms with Crippen LogP contribution in [0.2, 0.25) is 0 Å². The first kappa shape index (κ1) is 15.1. The molecule has 0 radical (unpaired) electrons. The van der Waals surface area contributed by atoms with Gasteiger partial charge in [-0.3, -0.25) is 10.0 Å². The van der Waals surface area contributed by atoms with Crippen molar-refractivity contribution in [2.75, 3.05) is 0 Å². The van der Waals surface area contributed by atoms with Crippen LogP contribution in [0.25, 0.3) is 0 Å². The van der Waals surface area contributed by atoms with E-state index in [4.69, 9.17) is 9.94 Å². The number of fused-ring (bicyclic) bond motifs is 2. The first-order valence-corrected chi connectivity index (χ1v) is 8.41. The number of hydrogen-bond acceptors (Lipinski definition) is 4. The Kier molecular flexibility index (Phi) is 3.94. The van der Waals surface area contributed by atoms with Gasteiger partial charge in [-0.1, -0.05) is 18.6 Å². The molecule has 1 aromatic carbocycles. The molecule has 5 heteroatoms. The molecule has 4 rings (SSSR count). The van der Waals surface area contributed by atoms with Crippen LogP contribution in [0, 0.1) is 11.8 Å². The zero-order valence-electron chi connectivity index (χ0n) is 13.3. The maximum absolute atomic E-state index is 11.3. The smallest absolute Gasteiger partial charge is 0.276 e. The van der Waals surface area contributed by atoms with Gasteiger partial charge < -0.3 is 4.74 Å². The van der Waals surface area contributed by atoms with Crippen molar-refractivity contribution in [3.8, 4) is 11.6 Å². The van der Waals surface area contributed by atoms with E-state index in [0.717, 1.165) is 17.6 Å². The Balaban J connectivity index is 1.43. The van der Waals surface area contributed by atoms with Crippen LogP contribution in [0.1, 0.15) is 47.5 Å². The molecule has 5 nitrogen and oxygen atoms in total. The van der Waals surface area contributed by atoms with Crippen LogP contribution in [0.15, 0.2) is 42.6 Å². The van der Waals surface area contributed by atoms with Gasteiger partial charge in [0.2, 0.25) is 5.88 Å². The van der Waals surface area contributed by atoms with Crippen molar-refractivity contribution in [2.24, 2.45) is 11.8 Å². The molecule has 124 valence electrons. The molecule has 2 bridgehead atoms. The minimum atomic E-state index is -0.593. The topological polar surface area (TPSA) is 71.5 Å². The van der Waals surface area contributed by atoms with E-state index < -0.39 is 5.91 Å². The van der Waals surface area contributed by atoms with Gasteiger partial charge in [-0.25, -0.2) is 10.5 Å². The molecular formula is C19H20N2O3. The Morgan fingerprint density at radius 1 is 1.12 bits per heavy atom. The molecule has 1 aromatic heterocycles. The highest BCUT2D eigenvalue weighted by atomic mass is 16.5. The summed E-state index contributed by atoms with van der Waals surface area (Å²) in [5.41, 5.74) is 3.26. The maximum Gasteiger partial charge on any atom is 0.276 e. The highest BCUT2D eigenvalue weighted by molar-refractivity contribution is 5.92. The first-order valence-electron chi connectivity index (χ1n) is 8.41. The highest BCUT2D eigenvalue weighted by Gasteiger charge is 2.39. The number of aromatic nitrogens is 1. The van der Waals surface area contributed by atoms with E-state index in [1.165, 1.54) is 37.4 Å². The average Bonchev–Trinajstić information content (AvgIpc) is 3.26. The number of ether oxygens (including phenoxy) is 1. The third kappa shape index (κ3) is 2.87. The fourth-order valence-electron chi connectivity index (χ4n) is 4.20. The van der Waals surface area contributed by atoms with Gasteiger partial charge in [0.25, 0.3) is 5.91 Å². The lowest BCUT2D eigenvalue weighted by atomic mass is 9.83. The van der Waals surface area contributed by atoms with Gasteiger partial charge in [-0.2, -0.15) is 0 Å². The number of rotatable bonds is 4. The van der Waals surface area contributed by atoms with E-state index in [9.17, 15) is 4.79 Å². The summed E-state index contributed by atoms with van der Waals surface area (Å²) in [4.78, 5) is 15.3. The number of nitrogens with zero attached hydrogens (tertiary/aromatic N) is 1. The average molecular weight is 324 g/mol. The van der Waals surface area contributed by atoms with Crippen LogP contribution in [0.5, 0.6) is 11.6 Å². The number of amides is 1. The second kappa shape index (κ2) is 6.24. The first-order chi connectivity index (χ1) is 11.7. The molecule has 2 aliphatic carbocycles. The molecule has 1 heterocycles. The van der Waals surface area contributed by atoms with Crippen molar-refractivity contribution in [3.05, 3.63) is 53.7 Å². The molecule has 2 fully saturated rings. The van der Waals surface area contributed by atoms with Crippen molar-refractivity contribution < 1.29 is 14.7 Å². The largest absolute Gasteiger partial charge is 0.439 e. The third-order valence-electron chi connectivity index (χ3n) is 5.37. The highest BCUT2D eigenvalue weighted by Crippen LogP contribution is 2.52. The lowest BCUT2D eigenvalue weighted by Gasteiger charge is -2.22. The van der Waals surface area contributed by atoms with E-state index in [1.807, 2.05) is 12.1 Å². The SMILES string of the molecule is O=C(NO)c1ccc(Oc2ccc(C3CC4CCC3C4)cc2)nc1. The van der Waals surface area contributed by atoms with Crippen LogP contribution < -0.4 is 10.2 Å². The fraction of sp³-hybridized carbons (Fsp3) is 0.368. The molecule has 0 spiro atoms. The van der Waals surface area contributed by atoms with Gasteiger partial charge in [0.1, 0.15) is 5.75 Å². The normalized spacial score (nSPS) is 24.8. The van der Waals surface area contributed by atoms with Crippen LogP contribution in [0.4, 0.5) is 0 Å². The number of carbonyl (C=O) groups excluding carboxylic acids is 1. The minimum Gasteiger partial charge on any atom is -0.439 e. The second-order valence-electron chi connectivity index (χ2n) is 6.78. The van der Waals surface area contributed by atoms with Gasteiger partial charge in [0.15, 0.2) is 0 Å². The molecule has 0 saturated heterocycles. The minimum absolute atomic E-state index is 0.275. The van der Waals surface area contributed by atoms with Gasteiger partial charge in [-0.05, 0) is 60.8 Å². The van der Waals surface area contributed by atoms with E-state index in [0.29, 0.717) is 11.8 Å². The lowest BCUT2D eigenvalue weighted by molar-refractivity contribution is 0.0706. The summed E-state index contributed by atoms with van der Waals surface area (Å²) >= 11 is 0. The van der Waals surface area contributed by atoms with Crippen LogP contribution in [-0.4, -0.2) is 16.1 Å². The van der Waals surface area contributed by atoms with Gasteiger partial charge in [0.05, 0.1) is 5.56 Å². The van der Waals surface area contributed by atoms with E-state index in [2.05, 4.69) is 17.1 Å². The molecule has 3 atom stereocenters. The van der Waals surface area contributed by atoms with E-state index >= 15 is 0 Å². The lowest BCUT2D eigenvalue weighted by Crippen LogP contribution is -2.18. The standard InChI is InChI=1S/C19H20N2O3/c22-19(21-23)15-5-8-18(20-11-15)24-16-6-3-13(4-7-16)17-10-12-1-2-14(17)9-12/h3-8,11-12,14,17,23H,1-2,9-10H2,(H,21,22). The third-order valence-corrected chi connectivity index (χ3v) is 5.37. The molecule has 1 amide bonds. The predicted octanol–water partition coefficient (Wildman–Crippen LogP) is 3.90. The monoisotopic (exact) mass is 324 g/mol. The Morgan fingerprint density at radius 3 is 2.54 bits per heavy atom.